The Kier molecular flexibility index (Phi) is 6.49. The van der Waals surface area contributed by atoms with Crippen LogP contribution in [0.25, 0.3) is 5.57 Å². The number of aromatic nitrogens is 1. The van der Waals surface area contributed by atoms with Gasteiger partial charge in [0.1, 0.15) is 17.5 Å². The Labute approximate surface area is 155 Å². The van der Waals surface area contributed by atoms with Crippen molar-refractivity contribution in [2.24, 2.45) is 5.73 Å². The summed E-state index contributed by atoms with van der Waals surface area (Å²) in [5.41, 5.74) is 15.4. The Balaban J connectivity index is 2.35. The first-order chi connectivity index (χ1) is 12.2. The summed E-state index contributed by atoms with van der Waals surface area (Å²) in [5.74, 6) is -0.735. The molecule has 6 heteroatoms. The fourth-order valence-electron chi connectivity index (χ4n) is 2.77. The SMILES string of the molecule is C/C(N)=C\C=C(/C)c1cnc(N)c(CC(C)c2c(F)ccc(F)c2P)c1. The van der Waals surface area contributed by atoms with Crippen LogP contribution in [0.3, 0.4) is 0 Å². The van der Waals surface area contributed by atoms with Gasteiger partial charge in [0.2, 0.25) is 0 Å². The van der Waals surface area contributed by atoms with E-state index in [0.29, 0.717) is 23.5 Å². The van der Waals surface area contributed by atoms with Gasteiger partial charge in [-0.3, -0.25) is 0 Å². The van der Waals surface area contributed by atoms with Gasteiger partial charge in [-0.15, -0.1) is 9.24 Å². The van der Waals surface area contributed by atoms with Gasteiger partial charge in [-0.2, -0.15) is 0 Å². The molecule has 138 valence electrons. The van der Waals surface area contributed by atoms with Crippen molar-refractivity contribution in [2.45, 2.75) is 33.1 Å². The van der Waals surface area contributed by atoms with Crippen molar-refractivity contribution in [1.82, 2.24) is 4.98 Å². The molecule has 0 aliphatic carbocycles. The standard InChI is InChI=1S/C20H24F2N3P/c1-11(4-5-13(3)23)15-9-14(20(24)25-10-15)8-12(2)18-16(21)6-7-17(22)19(18)26/h4-7,9-10,12H,8,23,26H2,1-3H3,(H2,24,25)/b11-4+,13-5+. The first-order valence-corrected chi connectivity index (χ1v) is 8.87. The van der Waals surface area contributed by atoms with Crippen molar-refractivity contribution >= 4 is 25.9 Å². The van der Waals surface area contributed by atoms with Crippen LogP contribution < -0.4 is 16.8 Å². The van der Waals surface area contributed by atoms with Gasteiger partial charge in [0.15, 0.2) is 0 Å². The van der Waals surface area contributed by atoms with Gasteiger partial charge in [-0.25, -0.2) is 13.8 Å². The van der Waals surface area contributed by atoms with Gasteiger partial charge in [-0.05, 0) is 67.2 Å². The molecule has 0 amide bonds. The number of nitrogens with zero attached hydrogens (tertiary/aromatic N) is 1. The molecule has 1 heterocycles. The summed E-state index contributed by atoms with van der Waals surface area (Å²) in [5, 5.41) is 0.250. The number of hydrogen-bond acceptors (Lipinski definition) is 3. The van der Waals surface area contributed by atoms with Crippen LogP contribution in [0.2, 0.25) is 0 Å². The first-order valence-electron chi connectivity index (χ1n) is 8.29. The molecule has 2 aromatic rings. The Bertz CT molecular complexity index is 872. The summed E-state index contributed by atoms with van der Waals surface area (Å²) < 4.78 is 28.0. The zero-order chi connectivity index (χ0) is 19.4. The molecule has 0 aliphatic heterocycles. The molecule has 0 bridgehead atoms. The molecule has 1 aromatic heterocycles. The van der Waals surface area contributed by atoms with Crippen LogP contribution in [-0.2, 0) is 6.42 Å². The lowest BCUT2D eigenvalue weighted by atomic mass is 9.92. The molecule has 2 unspecified atom stereocenters. The third-order valence-electron chi connectivity index (χ3n) is 4.25. The van der Waals surface area contributed by atoms with E-state index in [-0.39, 0.29) is 11.2 Å². The second-order valence-electron chi connectivity index (χ2n) is 6.49. The van der Waals surface area contributed by atoms with Crippen LogP contribution >= 0.6 is 9.24 Å². The predicted octanol–water partition coefficient (Wildman–Crippen LogP) is 4.05. The molecule has 2 atom stereocenters. The lowest BCUT2D eigenvalue weighted by Gasteiger charge is -2.17. The van der Waals surface area contributed by atoms with Gasteiger partial charge in [0, 0.05) is 22.8 Å². The molecule has 0 radical (unpaired) electrons. The molecule has 1 aromatic carbocycles. The predicted molar refractivity (Wildman–Crippen MR) is 108 cm³/mol. The topological polar surface area (TPSA) is 64.9 Å². The van der Waals surface area contributed by atoms with E-state index < -0.39 is 11.6 Å². The molecule has 0 aliphatic rings. The normalized spacial score (nSPS) is 13.8. The maximum absolute atomic E-state index is 14.2. The van der Waals surface area contributed by atoms with E-state index in [9.17, 15) is 8.78 Å². The molecule has 0 fully saturated rings. The van der Waals surface area contributed by atoms with Crippen LogP contribution in [0, 0.1) is 11.6 Å². The summed E-state index contributed by atoms with van der Waals surface area (Å²) in [6.07, 6.45) is 5.87. The minimum absolute atomic E-state index is 0.250. The number of benzene rings is 1. The fourth-order valence-corrected chi connectivity index (χ4v) is 3.29. The molecular formula is C20H24F2N3P. The lowest BCUT2D eigenvalue weighted by molar-refractivity contribution is 0.574. The van der Waals surface area contributed by atoms with E-state index in [1.165, 1.54) is 0 Å². The molecule has 3 nitrogen and oxygen atoms in total. The zero-order valence-corrected chi connectivity index (χ0v) is 16.3. The number of anilines is 1. The van der Waals surface area contributed by atoms with Crippen molar-refractivity contribution < 1.29 is 8.78 Å². The van der Waals surface area contributed by atoms with Gasteiger partial charge < -0.3 is 11.5 Å². The monoisotopic (exact) mass is 375 g/mol. The molecule has 0 saturated heterocycles. The number of hydrogen-bond donors (Lipinski definition) is 2. The Hall–Kier alpha value is -2.26. The average Bonchev–Trinajstić information content (AvgIpc) is 2.58. The van der Waals surface area contributed by atoms with E-state index in [1.807, 2.05) is 39.0 Å². The number of halogens is 2. The highest BCUT2D eigenvalue weighted by atomic mass is 31.0. The van der Waals surface area contributed by atoms with Crippen LogP contribution in [-0.4, -0.2) is 4.98 Å². The highest BCUT2D eigenvalue weighted by Gasteiger charge is 2.18. The van der Waals surface area contributed by atoms with E-state index in [4.69, 9.17) is 11.5 Å². The first kappa shape index (κ1) is 20.1. The Morgan fingerprint density at radius 2 is 1.88 bits per heavy atom. The third kappa shape index (κ3) is 4.67. The molecule has 26 heavy (non-hydrogen) atoms. The number of pyridine rings is 1. The Morgan fingerprint density at radius 1 is 1.23 bits per heavy atom. The second kappa shape index (κ2) is 8.41. The summed E-state index contributed by atoms with van der Waals surface area (Å²) in [7, 11) is 2.28. The summed E-state index contributed by atoms with van der Waals surface area (Å²) in [6, 6.07) is 4.22. The lowest BCUT2D eigenvalue weighted by Crippen LogP contribution is -2.15. The van der Waals surface area contributed by atoms with Crippen molar-refractivity contribution in [3.8, 4) is 0 Å². The molecule has 0 spiro atoms. The van der Waals surface area contributed by atoms with E-state index in [1.54, 1.807) is 6.20 Å². The fraction of sp³-hybridized carbons (Fsp3) is 0.250. The van der Waals surface area contributed by atoms with Gasteiger partial charge in [-0.1, -0.05) is 13.0 Å². The molecule has 4 N–H and O–H groups in total. The summed E-state index contributed by atoms with van der Waals surface area (Å²) in [4.78, 5) is 4.25. The molecular weight excluding hydrogens is 351 g/mol. The van der Waals surface area contributed by atoms with E-state index in [0.717, 1.165) is 28.8 Å². The number of nitrogens with two attached hydrogens (primary N) is 2. The summed E-state index contributed by atoms with van der Waals surface area (Å²) in [6.45, 7) is 5.61. The third-order valence-corrected chi connectivity index (χ3v) is 4.84. The molecule has 2 rings (SSSR count). The van der Waals surface area contributed by atoms with Crippen molar-refractivity contribution in [1.29, 1.82) is 0 Å². The van der Waals surface area contributed by atoms with Gasteiger partial charge in [0.05, 0.1) is 0 Å². The highest BCUT2D eigenvalue weighted by Crippen LogP contribution is 2.27. The zero-order valence-electron chi connectivity index (χ0n) is 15.2. The van der Waals surface area contributed by atoms with Crippen molar-refractivity contribution in [2.75, 3.05) is 5.73 Å². The van der Waals surface area contributed by atoms with Crippen LogP contribution in [0.15, 0.2) is 42.2 Å². The quantitative estimate of drug-likeness (QED) is 0.612. The molecule has 0 saturated carbocycles. The van der Waals surface area contributed by atoms with E-state index >= 15 is 0 Å². The maximum atomic E-state index is 14.2. The van der Waals surface area contributed by atoms with E-state index in [2.05, 4.69) is 14.2 Å². The largest absolute Gasteiger partial charge is 0.402 e. The Morgan fingerprint density at radius 3 is 2.54 bits per heavy atom. The average molecular weight is 375 g/mol. The minimum atomic E-state index is -0.444. The number of rotatable bonds is 5. The number of allylic oxidation sites excluding steroid dienone is 4. The van der Waals surface area contributed by atoms with Crippen molar-refractivity contribution in [3.05, 3.63) is 70.6 Å². The van der Waals surface area contributed by atoms with Crippen molar-refractivity contribution in [3.63, 3.8) is 0 Å². The van der Waals surface area contributed by atoms with Crippen LogP contribution in [0.4, 0.5) is 14.6 Å². The minimum Gasteiger partial charge on any atom is -0.402 e. The number of nitrogen functional groups attached to an aromatic ring is 1. The van der Waals surface area contributed by atoms with Crippen LogP contribution in [0.5, 0.6) is 0 Å². The van der Waals surface area contributed by atoms with Gasteiger partial charge in [0.25, 0.3) is 0 Å². The smallest absolute Gasteiger partial charge is 0.130 e. The summed E-state index contributed by atoms with van der Waals surface area (Å²) >= 11 is 0. The highest BCUT2D eigenvalue weighted by molar-refractivity contribution is 7.27. The maximum Gasteiger partial charge on any atom is 0.130 e. The van der Waals surface area contributed by atoms with Gasteiger partial charge >= 0.3 is 0 Å². The second-order valence-corrected chi connectivity index (χ2v) is 7.07. The van der Waals surface area contributed by atoms with Crippen LogP contribution in [0.1, 0.15) is 43.4 Å².